The smallest absolute Gasteiger partial charge is 0.416 e. The minimum Gasteiger partial charge on any atom is -0.469 e. The van der Waals surface area contributed by atoms with Crippen LogP contribution in [-0.2, 0) is 11.0 Å². The Balaban J connectivity index is 1.65. The molecule has 4 rings (SSSR count). The Labute approximate surface area is 160 Å². The summed E-state index contributed by atoms with van der Waals surface area (Å²) in [6.07, 6.45) is -2.54. The quantitative estimate of drug-likeness (QED) is 0.856. The summed E-state index contributed by atoms with van der Waals surface area (Å²) in [5, 5.41) is 2.73. The van der Waals surface area contributed by atoms with Gasteiger partial charge in [0.25, 0.3) is 0 Å². The fraction of sp³-hybridized carbons (Fsp3) is 0.400. The summed E-state index contributed by atoms with van der Waals surface area (Å²) < 4.78 is 44.6. The number of fused-ring (bicyclic) bond motifs is 1. The Hall–Kier alpha value is -2.77. The molecule has 0 radical (unpaired) electrons. The van der Waals surface area contributed by atoms with Gasteiger partial charge in [0, 0.05) is 24.2 Å². The zero-order valence-corrected chi connectivity index (χ0v) is 15.3. The lowest BCUT2D eigenvalue weighted by Crippen LogP contribution is -2.44. The van der Waals surface area contributed by atoms with Crippen LogP contribution in [0.4, 0.5) is 24.5 Å². The second-order valence-corrected chi connectivity index (χ2v) is 7.17. The van der Waals surface area contributed by atoms with Crippen molar-refractivity contribution in [3.63, 3.8) is 0 Å². The maximum atomic E-state index is 12.9. The van der Waals surface area contributed by atoms with Gasteiger partial charge in [-0.2, -0.15) is 13.2 Å². The van der Waals surface area contributed by atoms with Crippen LogP contribution < -0.4 is 15.0 Å². The van der Waals surface area contributed by atoms with E-state index in [4.69, 9.17) is 4.74 Å². The molecule has 8 heteroatoms. The normalized spacial score (nSPS) is 19.0. The highest BCUT2D eigenvalue weighted by Crippen LogP contribution is 2.43. The van der Waals surface area contributed by atoms with Gasteiger partial charge in [0.2, 0.25) is 11.8 Å². The standard InChI is InChI=1S/C20H20F3N3O2/c1-12(27)24-10-16-11-26(15-6-4-14(5-7-15)20(21,22)23)18-9-8-17(13-2-3-13)25-19(18)28-16/h4-9,13,16H,2-3,10-11H2,1H3,(H,24,27)/t16-/m0/s1. The second-order valence-electron chi connectivity index (χ2n) is 7.17. The van der Waals surface area contributed by atoms with Crippen LogP contribution in [0.1, 0.15) is 36.9 Å². The van der Waals surface area contributed by atoms with E-state index in [9.17, 15) is 18.0 Å². The SMILES string of the molecule is CC(=O)NC[C@H]1CN(c2ccc(C(F)(F)F)cc2)c2ccc(C3CC3)nc2O1. The van der Waals surface area contributed by atoms with Crippen LogP contribution in [0.25, 0.3) is 0 Å². The first-order valence-corrected chi connectivity index (χ1v) is 9.18. The maximum absolute atomic E-state index is 12.9. The third-order valence-electron chi connectivity index (χ3n) is 4.90. The van der Waals surface area contributed by atoms with Gasteiger partial charge in [-0.25, -0.2) is 4.98 Å². The summed E-state index contributed by atoms with van der Waals surface area (Å²) >= 11 is 0. The van der Waals surface area contributed by atoms with Crippen molar-refractivity contribution >= 4 is 17.3 Å². The van der Waals surface area contributed by atoms with Crippen molar-refractivity contribution in [1.29, 1.82) is 0 Å². The molecule has 1 amide bonds. The van der Waals surface area contributed by atoms with Gasteiger partial charge in [0.15, 0.2) is 0 Å². The topological polar surface area (TPSA) is 54.5 Å². The van der Waals surface area contributed by atoms with Gasteiger partial charge in [-0.15, -0.1) is 0 Å². The summed E-state index contributed by atoms with van der Waals surface area (Å²) in [5.41, 5.74) is 1.60. The molecule has 1 N–H and O–H groups in total. The minimum absolute atomic E-state index is 0.171. The number of hydrogen-bond acceptors (Lipinski definition) is 4. The van der Waals surface area contributed by atoms with Crippen molar-refractivity contribution in [2.45, 2.75) is 38.0 Å². The molecule has 148 valence electrons. The number of nitrogens with zero attached hydrogens (tertiary/aromatic N) is 2. The summed E-state index contributed by atoms with van der Waals surface area (Å²) in [4.78, 5) is 17.8. The molecule has 2 aromatic rings. The van der Waals surface area contributed by atoms with E-state index in [2.05, 4.69) is 10.3 Å². The van der Waals surface area contributed by atoms with Crippen LogP contribution in [0.5, 0.6) is 5.88 Å². The van der Waals surface area contributed by atoms with E-state index in [1.54, 1.807) is 0 Å². The van der Waals surface area contributed by atoms with Crippen LogP contribution in [0, 0.1) is 0 Å². The van der Waals surface area contributed by atoms with Gasteiger partial charge in [0.1, 0.15) is 11.8 Å². The molecule has 0 saturated heterocycles. The van der Waals surface area contributed by atoms with Crippen molar-refractivity contribution in [2.75, 3.05) is 18.0 Å². The van der Waals surface area contributed by atoms with E-state index in [1.807, 2.05) is 17.0 Å². The highest BCUT2D eigenvalue weighted by Gasteiger charge is 2.33. The molecule has 2 heterocycles. The zero-order valence-electron chi connectivity index (χ0n) is 15.3. The molecule has 0 unspecified atom stereocenters. The van der Waals surface area contributed by atoms with E-state index in [0.29, 0.717) is 36.3 Å². The van der Waals surface area contributed by atoms with Crippen LogP contribution in [0.2, 0.25) is 0 Å². The second kappa shape index (κ2) is 7.00. The molecule has 1 aliphatic heterocycles. The predicted octanol–water partition coefficient (Wildman–Crippen LogP) is 4.01. The first kappa shape index (κ1) is 18.6. The zero-order chi connectivity index (χ0) is 19.9. The van der Waals surface area contributed by atoms with Crippen molar-refractivity contribution in [3.05, 3.63) is 47.7 Å². The van der Waals surface area contributed by atoms with E-state index < -0.39 is 11.7 Å². The van der Waals surface area contributed by atoms with Gasteiger partial charge in [-0.05, 0) is 49.2 Å². The number of amides is 1. The van der Waals surface area contributed by atoms with E-state index in [-0.39, 0.29) is 12.0 Å². The van der Waals surface area contributed by atoms with Crippen molar-refractivity contribution in [3.8, 4) is 5.88 Å². The number of carbonyl (C=O) groups is 1. The number of aromatic nitrogens is 1. The van der Waals surface area contributed by atoms with E-state index in [0.717, 1.165) is 30.7 Å². The highest BCUT2D eigenvalue weighted by molar-refractivity contribution is 5.73. The molecule has 28 heavy (non-hydrogen) atoms. The summed E-state index contributed by atoms with van der Waals surface area (Å²) in [7, 11) is 0. The number of halogens is 3. The number of anilines is 2. The average molecular weight is 391 g/mol. The predicted molar refractivity (Wildman–Crippen MR) is 97.8 cm³/mol. The lowest BCUT2D eigenvalue weighted by atomic mass is 10.1. The molecule has 1 aromatic carbocycles. The van der Waals surface area contributed by atoms with Crippen LogP contribution in [0.3, 0.4) is 0 Å². The van der Waals surface area contributed by atoms with Gasteiger partial charge in [0.05, 0.1) is 18.7 Å². The molecule has 1 aromatic heterocycles. The molecule has 2 aliphatic rings. The minimum atomic E-state index is -4.38. The van der Waals surface area contributed by atoms with Crippen molar-refractivity contribution in [1.82, 2.24) is 10.3 Å². The van der Waals surface area contributed by atoms with Gasteiger partial charge in [-0.1, -0.05) is 0 Å². The first-order valence-electron chi connectivity index (χ1n) is 9.18. The van der Waals surface area contributed by atoms with Gasteiger partial charge >= 0.3 is 6.18 Å². The number of carbonyl (C=O) groups excluding carboxylic acids is 1. The number of hydrogen-bond donors (Lipinski definition) is 1. The molecule has 0 bridgehead atoms. The molecule has 0 spiro atoms. The lowest BCUT2D eigenvalue weighted by molar-refractivity contribution is -0.137. The Kier molecular flexibility index (Phi) is 4.64. The monoisotopic (exact) mass is 391 g/mol. The number of alkyl halides is 3. The largest absolute Gasteiger partial charge is 0.469 e. The molecular formula is C20H20F3N3O2. The summed E-state index contributed by atoms with van der Waals surface area (Å²) in [6.45, 7) is 2.11. The summed E-state index contributed by atoms with van der Waals surface area (Å²) in [6, 6.07) is 8.89. The average Bonchev–Trinajstić information content (AvgIpc) is 3.50. The molecule has 1 aliphatic carbocycles. The maximum Gasteiger partial charge on any atom is 0.416 e. The third-order valence-corrected chi connectivity index (χ3v) is 4.90. The number of nitrogens with one attached hydrogen (secondary N) is 1. The Bertz CT molecular complexity index is 879. The van der Waals surface area contributed by atoms with E-state index in [1.165, 1.54) is 19.1 Å². The van der Waals surface area contributed by atoms with Crippen molar-refractivity contribution in [2.24, 2.45) is 0 Å². The van der Waals surface area contributed by atoms with Crippen molar-refractivity contribution < 1.29 is 22.7 Å². The lowest BCUT2D eigenvalue weighted by Gasteiger charge is -2.36. The van der Waals surface area contributed by atoms with Gasteiger partial charge in [-0.3, -0.25) is 4.79 Å². The molecule has 1 fully saturated rings. The Morgan fingerprint density at radius 3 is 2.54 bits per heavy atom. The molecule has 5 nitrogen and oxygen atoms in total. The molecule has 1 saturated carbocycles. The number of ether oxygens (including phenoxy) is 1. The molecule has 1 atom stereocenters. The highest BCUT2D eigenvalue weighted by atomic mass is 19.4. The molecular weight excluding hydrogens is 371 g/mol. The third kappa shape index (κ3) is 3.90. The van der Waals surface area contributed by atoms with Crippen LogP contribution in [0.15, 0.2) is 36.4 Å². The fourth-order valence-corrected chi connectivity index (χ4v) is 3.28. The van der Waals surface area contributed by atoms with Gasteiger partial charge < -0.3 is 15.0 Å². The number of pyridine rings is 1. The van der Waals surface area contributed by atoms with Crippen LogP contribution >= 0.6 is 0 Å². The number of rotatable bonds is 4. The number of benzene rings is 1. The Morgan fingerprint density at radius 2 is 1.93 bits per heavy atom. The first-order chi connectivity index (χ1) is 13.3. The summed E-state index contributed by atoms with van der Waals surface area (Å²) in [5.74, 6) is 0.727. The fourth-order valence-electron chi connectivity index (χ4n) is 3.28. The van der Waals surface area contributed by atoms with Crippen LogP contribution in [-0.4, -0.2) is 30.1 Å². The van der Waals surface area contributed by atoms with E-state index >= 15 is 0 Å². The Morgan fingerprint density at radius 1 is 1.21 bits per heavy atom.